The second-order valence-electron chi connectivity index (χ2n) is 7.51. The number of aryl methyl sites for hydroxylation is 2. The molecule has 6 nitrogen and oxygen atoms in total. The lowest BCUT2D eigenvalue weighted by Crippen LogP contribution is -2.41. The second-order valence-corrected chi connectivity index (χ2v) is 7.51. The Balaban J connectivity index is 1.78. The fraction of sp³-hybridized carbons (Fsp3) is 0.632. The molecule has 0 bridgehead atoms. The molecule has 1 amide bonds. The molecule has 0 saturated carbocycles. The molecular formula is C19H26F3N5O. The number of carbonyl (C=O) groups is 1. The van der Waals surface area contributed by atoms with E-state index < -0.39 is 17.9 Å². The van der Waals surface area contributed by atoms with Gasteiger partial charge in [0.05, 0.1) is 12.2 Å². The minimum absolute atomic E-state index is 0.217. The zero-order valence-corrected chi connectivity index (χ0v) is 16.6. The molecule has 0 aromatic carbocycles. The van der Waals surface area contributed by atoms with E-state index in [1.54, 1.807) is 6.92 Å². The maximum atomic E-state index is 13.3. The quantitative estimate of drug-likeness (QED) is 0.813. The zero-order chi connectivity index (χ0) is 20.6. The maximum absolute atomic E-state index is 13.3. The number of nitrogens with one attached hydrogen (secondary N) is 1. The Bertz CT molecular complexity index is 868. The van der Waals surface area contributed by atoms with Gasteiger partial charge < -0.3 is 5.32 Å². The number of halogens is 3. The minimum atomic E-state index is -4.50. The first-order chi connectivity index (χ1) is 13.1. The highest BCUT2D eigenvalue weighted by molar-refractivity contribution is 5.80. The van der Waals surface area contributed by atoms with Crippen molar-refractivity contribution in [1.82, 2.24) is 24.9 Å². The van der Waals surface area contributed by atoms with E-state index >= 15 is 0 Å². The van der Waals surface area contributed by atoms with Crippen molar-refractivity contribution in [2.24, 2.45) is 0 Å². The van der Waals surface area contributed by atoms with Gasteiger partial charge in [-0.2, -0.15) is 23.4 Å². The third-order valence-corrected chi connectivity index (χ3v) is 5.15. The van der Waals surface area contributed by atoms with Gasteiger partial charge in [0.2, 0.25) is 5.91 Å². The van der Waals surface area contributed by atoms with Gasteiger partial charge in [-0.3, -0.25) is 14.2 Å². The zero-order valence-electron chi connectivity index (χ0n) is 16.6. The number of hydrogen-bond donors (Lipinski definition) is 1. The first kappa shape index (κ1) is 20.4. The molecule has 2 aromatic rings. The first-order valence-corrected chi connectivity index (χ1v) is 9.60. The Hall–Kier alpha value is -2.32. The molecule has 2 heterocycles. The highest BCUT2D eigenvalue weighted by Crippen LogP contribution is 2.37. The molecule has 1 N–H and O–H groups in total. The highest BCUT2D eigenvalue weighted by atomic mass is 19.4. The molecular weight excluding hydrogens is 371 g/mol. The predicted octanol–water partition coefficient (Wildman–Crippen LogP) is 3.36. The fourth-order valence-corrected chi connectivity index (χ4v) is 3.92. The Morgan fingerprint density at radius 3 is 2.57 bits per heavy atom. The highest BCUT2D eigenvalue weighted by Gasteiger charge is 2.41. The number of fused-ring (bicyclic) bond motifs is 1. The fourth-order valence-electron chi connectivity index (χ4n) is 3.92. The van der Waals surface area contributed by atoms with Crippen LogP contribution in [0.1, 0.15) is 61.1 Å². The van der Waals surface area contributed by atoms with Gasteiger partial charge in [0.15, 0.2) is 5.69 Å². The second kappa shape index (κ2) is 7.60. The van der Waals surface area contributed by atoms with Gasteiger partial charge in [-0.15, -0.1) is 0 Å². The van der Waals surface area contributed by atoms with Crippen molar-refractivity contribution < 1.29 is 18.0 Å². The SMILES string of the molecule is CC[C@H](C(=O)N[C@H](C)Cn1nc(C)cc1C)n1nc(C(F)(F)F)c2c1CCC2. The number of carbonyl (C=O) groups excluding carboxylic acids is 1. The van der Waals surface area contributed by atoms with Gasteiger partial charge in [-0.05, 0) is 52.5 Å². The summed E-state index contributed by atoms with van der Waals surface area (Å²) in [4.78, 5) is 12.8. The summed E-state index contributed by atoms with van der Waals surface area (Å²) in [7, 11) is 0. The third-order valence-electron chi connectivity index (χ3n) is 5.15. The monoisotopic (exact) mass is 397 g/mol. The number of amides is 1. The van der Waals surface area contributed by atoms with Crippen LogP contribution in [-0.2, 0) is 30.4 Å². The van der Waals surface area contributed by atoms with E-state index in [9.17, 15) is 18.0 Å². The van der Waals surface area contributed by atoms with Crippen LogP contribution in [-0.4, -0.2) is 31.5 Å². The number of rotatable bonds is 6. The van der Waals surface area contributed by atoms with Gasteiger partial charge >= 0.3 is 6.18 Å². The number of nitrogens with zero attached hydrogens (tertiary/aromatic N) is 4. The summed E-state index contributed by atoms with van der Waals surface area (Å²) in [5.41, 5.74) is 1.83. The molecule has 0 fully saturated rings. The summed E-state index contributed by atoms with van der Waals surface area (Å²) in [6.07, 6.45) is -2.61. The molecule has 2 atom stereocenters. The number of alkyl halides is 3. The molecule has 9 heteroatoms. The van der Waals surface area contributed by atoms with E-state index in [4.69, 9.17) is 0 Å². The van der Waals surface area contributed by atoms with Gasteiger partial charge in [0.1, 0.15) is 6.04 Å². The predicted molar refractivity (Wildman–Crippen MR) is 97.9 cm³/mol. The maximum Gasteiger partial charge on any atom is 0.435 e. The molecule has 0 saturated heterocycles. The summed E-state index contributed by atoms with van der Waals surface area (Å²) in [5, 5.41) is 11.1. The van der Waals surface area contributed by atoms with E-state index in [0.717, 1.165) is 11.4 Å². The van der Waals surface area contributed by atoms with Crippen LogP contribution in [0, 0.1) is 13.8 Å². The van der Waals surface area contributed by atoms with E-state index in [1.165, 1.54) is 4.68 Å². The van der Waals surface area contributed by atoms with Crippen molar-refractivity contribution in [2.75, 3.05) is 0 Å². The van der Waals surface area contributed by atoms with Crippen LogP contribution < -0.4 is 5.32 Å². The topological polar surface area (TPSA) is 64.7 Å². The molecule has 0 spiro atoms. The van der Waals surface area contributed by atoms with Crippen LogP contribution in [0.15, 0.2) is 6.07 Å². The van der Waals surface area contributed by atoms with Gasteiger partial charge in [0.25, 0.3) is 0 Å². The number of hydrogen-bond acceptors (Lipinski definition) is 3. The van der Waals surface area contributed by atoms with Crippen LogP contribution in [0.25, 0.3) is 0 Å². The van der Waals surface area contributed by atoms with Crippen molar-refractivity contribution in [3.8, 4) is 0 Å². The minimum Gasteiger partial charge on any atom is -0.350 e. The molecule has 0 unspecified atom stereocenters. The molecule has 154 valence electrons. The molecule has 28 heavy (non-hydrogen) atoms. The summed E-state index contributed by atoms with van der Waals surface area (Å²) >= 11 is 0. The Morgan fingerprint density at radius 1 is 1.29 bits per heavy atom. The smallest absolute Gasteiger partial charge is 0.350 e. The van der Waals surface area contributed by atoms with Crippen molar-refractivity contribution in [2.45, 2.75) is 78.2 Å². The Morgan fingerprint density at radius 2 is 2.00 bits per heavy atom. The molecule has 1 aliphatic carbocycles. The van der Waals surface area contributed by atoms with Crippen molar-refractivity contribution >= 4 is 5.91 Å². The lowest BCUT2D eigenvalue weighted by Gasteiger charge is -2.21. The Kier molecular flexibility index (Phi) is 5.54. The van der Waals surface area contributed by atoms with Gasteiger partial charge in [-0.25, -0.2) is 0 Å². The van der Waals surface area contributed by atoms with Crippen molar-refractivity contribution in [3.05, 3.63) is 34.4 Å². The van der Waals surface area contributed by atoms with E-state index in [1.807, 2.05) is 31.5 Å². The van der Waals surface area contributed by atoms with Crippen molar-refractivity contribution in [3.63, 3.8) is 0 Å². The number of aromatic nitrogens is 4. The van der Waals surface area contributed by atoms with E-state index in [0.29, 0.717) is 37.9 Å². The average molecular weight is 397 g/mol. The third kappa shape index (κ3) is 3.93. The largest absolute Gasteiger partial charge is 0.435 e. The van der Waals surface area contributed by atoms with Crippen LogP contribution >= 0.6 is 0 Å². The molecule has 0 radical (unpaired) electrons. The van der Waals surface area contributed by atoms with E-state index in [2.05, 4.69) is 15.5 Å². The summed E-state index contributed by atoms with van der Waals surface area (Å²) < 4.78 is 43.1. The molecule has 3 rings (SSSR count). The molecule has 0 aliphatic heterocycles. The van der Waals surface area contributed by atoms with Crippen LogP contribution in [0.2, 0.25) is 0 Å². The molecule has 1 aliphatic rings. The van der Waals surface area contributed by atoms with E-state index in [-0.39, 0.29) is 17.5 Å². The van der Waals surface area contributed by atoms with Crippen LogP contribution in [0.5, 0.6) is 0 Å². The summed E-state index contributed by atoms with van der Waals surface area (Å²) in [6, 6.07) is 0.978. The Labute approximate surface area is 162 Å². The average Bonchev–Trinajstić information content (AvgIpc) is 3.24. The van der Waals surface area contributed by atoms with Crippen LogP contribution in [0.3, 0.4) is 0 Å². The molecule has 2 aromatic heterocycles. The van der Waals surface area contributed by atoms with Gasteiger partial charge in [-0.1, -0.05) is 6.92 Å². The first-order valence-electron chi connectivity index (χ1n) is 9.60. The standard InChI is InChI=1S/C19H26F3N5O/c1-5-15(18(28)23-12(3)10-26-13(4)9-11(2)24-26)27-16-8-6-7-14(16)17(25-27)19(20,21)22/h9,12,15H,5-8,10H2,1-4H3,(H,23,28)/t12-,15-/m1/s1. The summed E-state index contributed by atoms with van der Waals surface area (Å²) in [6.45, 7) is 7.97. The lowest BCUT2D eigenvalue weighted by molar-refractivity contribution is -0.142. The van der Waals surface area contributed by atoms with Crippen LogP contribution in [0.4, 0.5) is 13.2 Å². The lowest BCUT2D eigenvalue weighted by atomic mass is 10.1. The van der Waals surface area contributed by atoms with Gasteiger partial charge in [0, 0.05) is 23.0 Å². The normalized spacial score (nSPS) is 16.1. The summed E-state index contributed by atoms with van der Waals surface area (Å²) in [5.74, 6) is -0.317. The van der Waals surface area contributed by atoms with Crippen molar-refractivity contribution in [1.29, 1.82) is 0 Å².